The van der Waals surface area contributed by atoms with Gasteiger partial charge in [0.15, 0.2) is 0 Å². The minimum atomic E-state index is -1.10. The number of aliphatic carboxylic acids is 1. The Morgan fingerprint density at radius 1 is 1.15 bits per heavy atom. The normalized spacial score (nSPS) is 17.6. The maximum atomic E-state index is 12.0. The fourth-order valence-corrected chi connectivity index (χ4v) is 5.74. The van der Waals surface area contributed by atoms with Gasteiger partial charge >= 0.3 is 11.9 Å². The van der Waals surface area contributed by atoms with Crippen molar-refractivity contribution in [2.75, 3.05) is 5.75 Å². The number of hydrogen-bond donors (Lipinski definition) is 3. The molecule has 6 nitrogen and oxygen atoms in total. The van der Waals surface area contributed by atoms with E-state index in [-0.39, 0.29) is 17.9 Å². The van der Waals surface area contributed by atoms with E-state index in [1.165, 1.54) is 24.3 Å². The lowest BCUT2D eigenvalue weighted by molar-refractivity contribution is -0.141. The Balaban J connectivity index is 1.76. The molecule has 8 heteroatoms. The first-order valence-corrected chi connectivity index (χ1v) is 11.0. The Morgan fingerprint density at radius 3 is 2.46 bits per heavy atom. The van der Waals surface area contributed by atoms with Gasteiger partial charge in [-0.3, -0.25) is 4.79 Å². The Bertz CT molecular complexity index is 629. The van der Waals surface area contributed by atoms with E-state index in [1.807, 2.05) is 21.6 Å². The Labute approximate surface area is 160 Å². The number of unbranched alkanes of at least 4 members (excludes halogenated alkanes) is 1. The Hall–Kier alpha value is -1.67. The van der Waals surface area contributed by atoms with E-state index in [0.717, 1.165) is 19.3 Å². The minimum absolute atomic E-state index is 0.122. The predicted molar refractivity (Wildman–Crippen MR) is 104 cm³/mol. The lowest BCUT2D eigenvalue weighted by atomic mass is 10.0. The molecule has 1 aliphatic rings. The van der Waals surface area contributed by atoms with Gasteiger partial charge < -0.3 is 15.5 Å². The Kier molecular flexibility index (Phi) is 8.31. The van der Waals surface area contributed by atoms with Gasteiger partial charge in [0, 0.05) is 23.8 Å². The van der Waals surface area contributed by atoms with Crippen molar-refractivity contribution in [3.05, 3.63) is 35.4 Å². The second-order valence-corrected chi connectivity index (χ2v) is 9.03. The zero-order valence-electron chi connectivity index (χ0n) is 14.3. The molecule has 3 N–H and O–H groups in total. The molecule has 0 spiro atoms. The molecular weight excluding hydrogens is 374 g/mol. The van der Waals surface area contributed by atoms with Gasteiger partial charge in [-0.2, -0.15) is 0 Å². The summed E-state index contributed by atoms with van der Waals surface area (Å²) < 4.78 is 0. The summed E-state index contributed by atoms with van der Waals surface area (Å²) in [7, 11) is 3.82. The van der Waals surface area contributed by atoms with E-state index in [9.17, 15) is 19.5 Å². The van der Waals surface area contributed by atoms with Crippen LogP contribution in [0, 0.1) is 0 Å². The molecule has 0 bridgehead atoms. The molecule has 1 aromatic rings. The van der Waals surface area contributed by atoms with E-state index in [1.54, 1.807) is 12.1 Å². The first-order chi connectivity index (χ1) is 12.5. The summed E-state index contributed by atoms with van der Waals surface area (Å²) in [5.74, 6) is -1.19. The zero-order chi connectivity index (χ0) is 18.9. The highest BCUT2D eigenvalue weighted by atomic mass is 33.1. The average Bonchev–Trinajstić information content (AvgIpc) is 3.12. The highest BCUT2D eigenvalue weighted by molar-refractivity contribution is 8.77. The van der Waals surface area contributed by atoms with Crippen LogP contribution in [0.4, 0.5) is 0 Å². The molecular formula is C18H23NO5S2. The number of amides is 1. The third-order valence-corrected chi connectivity index (χ3v) is 7.19. The molecule has 2 rings (SSSR count). The number of nitrogens with one attached hydrogen (secondary N) is 1. The van der Waals surface area contributed by atoms with E-state index in [2.05, 4.69) is 5.32 Å². The second-order valence-electron chi connectivity index (χ2n) is 6.24. The van der Waals surface area contributed by atoms with Crippen LogP contribution in [0.25, 0.3) is 0 Å². The smallest absolute Gasteiger partial charge is 0.335 e. The second kappa shape index (κ2) is 10.5. The third-order valence-electron chi connectivity index (χ3n) is 4.18. The van der Waals surface area contributed by atoms with Gasteiger partial charge in [0.1, 0.15) is 6.04 Å². The van der Waals surface area contributed by atoms with Crippen molar-refractivity contribution in [2.45, 2.75) is 49.8 Å². The predicted octanol–water partition coefficient (Wildman–Crippen LogP) is 3.21. The summed E-state index contributed by atoms with van der Waals surface area (Å²) in [6.07, 6.45) is 4.50. The number of benzene rings is 1. The first kappa shape index (κ1) is 20.6. The molecule has 2 atom stereocenters. The molecule has 1 fully saturated rings. The molecule has 1 heterocycles. The Morgan fingerprint density at radius 2 is 1.88 bits per heavy atom. The van der Waals surface area contributed by atoms with Gasteiger partial charge in [-0.05, 0) is 37.0 Å². The number of rotatable bonds is 10. The summed E-state index contributed by atoms with van der Waals surface area (Å²) in [5.41, 5.74) is 0.807. The van der Waals surface area contributed by atoms with Crippen LogP contribution in [0.2, 0.25) is 0 Å². The zero-order valence-corrected chi connectivity index (χ0v) is 16.0. The topological polar surface area (TPSA) is 104 Å². The molecule has 1 aromatic carbocycles. The minimum Gasteiger partial charge on any atom is -0.480 e. The van der Waals surface area contributed by atoms with Crippen LogP contribution in [0.15, 0.2) is 24.3 Å². The molecule has 0 aliphatic carbocycles. The summed E-state index contributed by atoms with van der Waals surface area (Å²) in [6, 6.07) is 4.99. The van der Waals surface area contributed by atoms with Gasteiger partial charge in [-0.25, -0.2) is 9.59 Å². The lowest BCUT2D eigenvalue weighted by Gasteiger charge is -2.15. The van der Waals surface area contributed by atoms with Crippen LogP contribution >= 0.6 is 21.6 Å². The molecule has 0 radical (unpaired) electrons. The summed E-state index contributed by atoms with van der Waals surface area (Å²) in [6.45, 7) is 0. The molecule has 0 saturated carbocycles. The third kappa shape index (κ3) is 6.92. The van der Waals surface area contributed by atoms with Crippen LogP contribution in [-0.4, -0.2) is 45.1 Å². The van der Waals surface area contributed by atoms with Crippen LogP contribution in [0.5, 0.6) is 0 Å². The van der Waals surface area contributed by atoms with Gasteiger partial charge in [0.25, 0.3) is 0 Å². The summed E-state index contributed by atoms with van der Waals surface area (Å²) in [5, 5.41) is 21.5. The van der Waals surface area contributed by atoms with Gasteiger partial charge in [-0.15, -0.1) is 0 Å². The fraction of sp³-hybridized carbons (Fsp3) is 0.500. The molecule has 1 saturated heterocycles. The maximum absolute atomic E-state index is 12.0. The van der Waals surface area contributed by atoms with Crippen molar-refractivity contribution in [1.29, 1.82) is 0 Å². The van der Waals surface area contributed by atoms with E-state index in [4.69, 9.17) is 5.11 Å². The number of carboxylic acids is 2. The standard InChI is InChI=1S/C18H23NO5S2/c20-16(4-2-1-3-14-9-10-25-26-14)19-15(18(23)24)11-12-5-7-13(8-6-12)17(21)22/h5-8,14-15H,1-4,9-11H2,(H,19,20)(H,21,22)(H,23,24)/t14-,15-/m0/s1. The van der Waals surface area contributed by atoms with E-state index >= 15 is 0 Å². The highest BCUT2D eigenvalue weighted by Crippen LogP contribution is 2.39. The molecule has 0 unspecified atom stereocenters. The van der Waals surface area contributed by atoms with Gasteiger partial charge in [-0.1, -0.05) is 40.1 Å². The average molecular weight is 398 g/mol. The van der Waals surface area contributed by atoms with Crippen molar-refractivity contribution in [3.63, 3.8) is 0 Å². The fourth-order valence-electron chi connectivity index (χ4n) is 2.71. The quantitative estimate of drug-likeness (QED) is 0.411. The molecule has 1 amide bonds. The molecule has 142 valence electrons. The van der Waals surface area contributed by atoms with Crippen molar-refractivity contribution in [3.8, 4) is 0 Å². The molecule has 1 aliphatic heterocycles. The van der Waals surface area contributed by atoms with Crippen LogP contribution in [-0.2, 0) is 16.0 Å². The van der Waals surface area contributed by atoms with E-state index < -0.39 is 18.0 Å². The maximum Gasteiger partial charge on any atom is 0.335 e. The summed E-state index contributed by atoms with van der Waals surface area (Å²) in [4.78, 5) is 34.3. The monoisotopic (exact) mass is 397 g/mol. The number of carboxylic acid groups (broad SMARTS) is 2. The first-order valence-electron chi connectivity index (χ1n) is 8.58. The molecule has 0 aromatic heterocycles. The van der Waals surface area contributed by atoms with Crippen LogP contribution in [0.3, 0.4) is 0 Å². The summed E-state index contributed by atoms with van der Waals surface area (Å²) >= 11 is 0. The van der Waals surface area contributed by atoms with Crippen molar-refractivity contribution >= 4 is 39.4 Å². The number of carbonyl (C=O) groups excluding carboxylic acids is 1. The molecule has 26 heavy (non-hydrogen) atoms. The van der Waals surface area contributed by atoms with Crippen molar-refractivity contribution < 1.29 is 24.6 Å². The highest BCUT2D eigenvalue weighted by Gasteiger charge is 2.21. The van der Waals surface area contributed by atoms with Crippen LogP contribution < -0.4 is 5.32 Å². The number of aromatic carboxylic acids is 1. The lowest BCUT2D eigenvalue weighted by Crippen LogP contribution is -2.42. The number of hydrogen-bond acceptors (Lipinski definition) is 5. The SMILES string of the molecule is O=C(CCCC[C@H]1CCSS1)N[C@@H](Cc1ccc(C(=O)O)cc1)C(=O)O. The van der Waals surface area contributed by atoms with Crippen LogP contribution in [0.1, 0.15) is 48.0 Å². The van der Waals surface area contributed by atoms with Gasteiger partial charge in [0.2, 0.25) is 5.91 Å². The van der Waals surface area contributed by atoms with Crippen molar-refractivity contribution in [1.82, 2.24) is 5.32 Å². The van der Waals surface area contributed by atoms with Gasteiger partial charge in [0.05, 0.1) is 5.56 Å². The number of carbonyl (C=O) groups is 3. The largest absolute Gasteiger partial charge is 0.480 e. The van der Waals surface area contributed by atoms with Crippen molar-refractivity contribution in [2.24, 2.45) is 0 Å². The van der Waals surface area contributed by atoms with E-state index in [0.29, 0.717) is 17.2 Å².